The summed E-state index contributed by atoms with van der Waals surface area (Å²) >= 11 is 4.92. The van der Waals surface area contributed by atoms with Crippen molar-refractivity contribution < 1.29 is 9.90 Å². The van der Waals surface area contributed by atoms with Crippen molar-refractivity contribution >= 4 is 33.2 Å². The van der Waals surface area contributed by atoms with Gasteiger partial charge in [0.1, 0.15) is 5.75 Å². The third-order valence-electron chi connectivity index (χ3n) is 4.18. The second-order valence-electron chi connectivity index (χ2n) is 6.04. The number of halogens is 1. The van der Waals surface area contributed by atoms with E-state index in [0.717, 1.165) is 37.3 Å². The van der Waals surface area contributed by atoms with E-state index >= 15 is 0 Å². The fraction of sp³-hybridized carbons (Fsp3) is 0.412. The van der Waals surface area contributed by atoms with Crippen LogP contribution in [0.15, 0.2) is 27.5 Å². The van der Waals surface area contributed by atoms with Gasteiger partial charge in [-0.25, -0.2) is 4.98 Å². The quantitative estimate of drug-likeness (QED) is 0.844. The van der Waals surface area contributed by atoms with Crippen LogP contribution in [0.5, 0.6) is 5.75 Å². The highest BCUT2D eigenvalue weighted by Gasteiger charge is 2.23. The lowest BCUT2D eigenvalue weighted by molar-refractivity contribution is 0.0758. The largest absolute Gasteiger partial charge is 0.506 e. The minimum Gasteiger partial charge on any atom is -0.506 e. The Labute approximate surface area is 154 Å². The third kappa shape index (κ3) is 3.96. The molecule has 24 heavy (non-hydrogen) atoms. The normalized spacial score (nSPS) is 16.2. The molecule has 1 aromatic carbocycles. The van der Waals surface area contributed by atoms with E-state index in [-0.39, 0.29) is 11.7 Å². The number of benzene rings is 1. The number of carbonyl (C=O) groups is 1. The van der Waals surface area contributed by atoms with Crippen LogP contribution in [0.4, 0.5) is 0 Å². The highest BCUT2D eigenvalue weighted by Crippen LogP contribution is 2.30. The molecular formula is C17H20BrN3O2S. The van der Waals surface area contributed by atoms with Crippen molar-refractivity contribution in [3.05, 3.63) is 44.3 Å². The van der Waals surface area contributed by atoms with Gasteiger partial charge < -0.3 is 10.0 Å². The summed E-state index contributed by atoms with van der Waals surface area (Å²) < 4.78 is 0.561. The number of carbonyl (C=O) groups excluding carboxylic acids is 1. The summed E-state index contributed by atoms with van der Waals surface area (Å²) in [7, 11) is 0. The molecule has 1 aliphatic heterocycles. The van der Waals surface area contributed by atoms with Crippen LogP contribution in [-0.2, 0) is 6.54 Å². The van der Waals surface area contributed by atoms with Crippen LogP contribution >= 0.6 is 27.3 Å². The number of aromatic hydroxyl groups is 1. The zero-order valence-electron chi connectivity index (χ0n) is 13.5. The molecule has 0 unspecified atom stereocenters. The highest BCUT2D eigenvalue weighted by atomic mass is 79.9. The molecule has 1 amide bonds. The van der Waals surface area contributed by atoms with Gasteiger partial charge in [0.25, 0.3) is 5.91 Å². The number of phenolic OH excluding ortho intramolecular Hbond substituents is 1. The van der Waals surface area contributed by atoms with E-state index in [2.05, 4.69) is 31.2 Å². The molecule has 1 saturated heterocycles. The van der Waals surface area contributed by atoms with Crippen molar-refractivity contribution in [2.24, 2.45) is 0 Å². The Morgan fingerprint density at radius 1 is 1.33 bits per heavy atom. The Morgan fingerprint density at radius 2 is 2.17 bits per heavy atom. The first-order valence-corrected chi connectivity index (χ1v) is 9.66. The fourth-order valence-corrected chi connectivity index (χ4v) is 4.07. The molecule has 0 bridgehead atoms. The molecule has 0 spiro atoms. The summed E-state index contributed by atoms with van der Waals surface area (Å²) in [6.07, 6.45) is 0.920. The average molecular weight is 410 g/mol. The number of aryl methyl sites for hydroxylation is 1. The van der Waals surface area contributed by atoms with Crippen LogP contribution in [0.2, 0.25) is 0 Å². The average Bonchev–Trinajstić information content (AvgIpc) is 2.95. The lowest BCUT2D eigenvalue weighted by Crippen LogP contribution is -2.35. The molecule has 7 heteroatoms. The van der Waals surface area contributed by atoms with E-state index in [1.807, 2.05) is 23.4 Å². The lowest BCUT2D eigenvalue weighted by atomic mass is 10.1. The predicted molar refractivity (Wildman–Crippen MR) is 98.5 cm³/mol. The number of thiazole rings is 1. The van der Waals surface area contributed by atoms with Crippen molar-refractivity contribution in [3.63, 3.8) is 0 Å². The number of hydrogen-bond acceptors (Lipinski definition) is 5. The maximum atomic E-state index is 12.8. The van der Waals surface area contributed by atoms with Crippen molar-refractivity contribution in [3.8, 4) is 5.75 Å². The minimum atomic E-state index is -0.104. The predicted octanol–water partition coefficient (Wildman–Crippen LogP) is 3.27. The number of amides is 1. The summed E-state index contributed by atoms with van der Waals surface area (Å²) in [5.41, 5.74) is 4.25. The van der Waals surface area contributed by atoms with E-state index in [9.17, 15) is 9.90 Å². The summed E-state index contributed by atoms with van der Waals surface area (Å²) in [6, 6.07) is 3.56. The molecule has 3 rings (SSSR count). The molecule has 1 aromatic heterocycles. The Hall–Kier alpha value is -1.44. The van der Waals surface area contributed by atoms with Gasteiger partial charge >= 0.3 is 0 Å². The maximum absolute atomic E-state index is 12.8. The third-order valence-corrected chi connectivity index (χ3v) is 5.42. The zero-order chi connectivity index (χ0) is 17.1. The van der Waals surface area contributed by atoms with E-state index in [4.69, 9.17) is 0 Å². The van der Waals surface area contributed by atoms with Gasteiger partial charge in [-0.05, 0) is 47.0 Å². The van der Waals surface area contributed by atoms with Crippen LogP contribution in [-0.4, -0.2) is 52.0 Å². The van der Waals surface area contributed by atoms with Crippen LogP contribution < -0.4 is 0 Å². The van der Waals surface area contributed by atoms with Crippen LogP contribution in [0.25, 0.3) is 0 Å². The molecule has 5 nitrogen and oxygen atoms in total. The number of phenols is 1. The molecular weight excluding hydrogens is 390 g/mol. The number of hydrogen-bond donors (Lipinski definition) is 1. The standard InChI is InChI=1S/C17H20BrN3O2S/c1-12-7-14(16(22)15(18)8-12)17(23)21-4-2-3-20(5-6-21)9-13-10-24-11-19-13/h7-8,10-11,22H,2-6,9H2,1H3. The minimum absolute atomic E-state index is 0.0224. The van der Waals surface area contributed by atoms with Crippen molar-refractivity contribution in [2.45, 2.75) is 19.9 Å². The second kappa shape index (κ2) is 7.63. The monoisotopic (exact) mass is 409 g/mol. The Kier molecular flexibility index (Phi) is 5.53. The number of nitrogens with zero attached hydrogens (tertiary/aromatic N) is 3. The Bertz CT molecular complexity index is 721. The molecule has 2 heterocycles. The molecule has 0 radical (unpaired) electrons. The number of aromatic nitrogens is 1. The van der Waals surface area contributed by atoms with E-state index in [1.54, 1.807) is 17.4 Å². The van der Waals surface area contributed by atoms with Crippen molar-refractivity contribution in [1.82, 2.24) is 14.8 Å². The van der Waals surface area contributed by atoms with Crippen LogP contribution in [0, 0.1) is 6.92 Å². The second-order valence-corrected chi connectivity index (χ2v) is 7.62. The Morgan fingerprint density at radius 3 is 2.92 bits per heavy atom. The van der Waals surface area contributed by atoms with Crippen molar-refractivity contribution in [1.29, 1.82) is 0 Å². The first-order valence-electron chi connectivity index (χ1n) is 7.92. The summed E-state index contributed by atoms with van der Waals surface area (Å²) in [6.45, 7) is 5.87. The van der Waals surface area contributed by atoms with E-state index < -0.39 is 0 Å². The summed E-state index contributed by atoms with van der Waals surface area (Å²) in [4.78, 5) is 21.3. The first kappa shape index (κ1) is 17.4. The summed E-state index contributed by atoms with van der Waals surface area (Å²) in [5.74, 6) is -0.0819. The smallest absolute Gasteiger partial charge is 0.257 e. The number of rotatable bonds is 3. The summed E-state index contributed by atoms with van der Waals surface area (Å²) in [5, 5.41) is 12.3. The van der Waals surface area contributed by atoms with Gasteiger partial charge in [0.05, 0.1) is 21.2 Å². The van der Waals surface area contributed by atoms with E-state index in [0.29, 0.717) is 23.1 Å². The molecule has 1 N–H and O–H groups in total. The molecule has 2 aromatic rings. The molecule has 1 aliphatic rings. The SMILES string of the molecule is Cc1cc(Br)c(O)c(C(=O)N2CCCN(Cc3cscn3)CC2)c1. The zero-order valence-corrected chi connectivity index (χ0v) is 15.9. The molecule has 0 aliphatic carbocycles. The lowest BCUT2D eigenvalue weighted by Gasteiger charge is -2.22. The molecule has 0 saturated carbocycles. The van der Waals surface area contributed by atoms with Crippen LogP contribution in [0.1, 0.15) is 28.0 Å². The van der Waals surface area contributed by atoms with E-state index in [1.165, 1.54) is 0 Å². The van der Waals surface area contributed by atoms with Gasteiger partial charge in [-0.1, -0.05) is 0 Å². The van der Waals surface area contributed by atoms with Crippen LogP contribution in [0.3, 0.4) is 0 Å². The fourth-order valence-electron chi connectivity index (χ4n) is 2.94. The van der Waals surface area contributed by atoms with Gasteiger partial charge in [-0.2, -0.15) is 0 Å². The van der Waals surface area contributed by atoms with Crippen molar-refractivity contribution in [2.75, 3.05) is 26.2 Å². The topological polar surface area (TPSA) is 56.7 Å². The van der Waals surface area contributed by atoms with Gasteiger partial charge in [-0.3, -0.25) is 9.69 Å². The molecule has 1 fully saturated rings. The van der Waals surface area contributed by atoms with Gasteiger partial charge in [0.2, 0.25) is 0 Å². The first-order chi connectivity index (χ1) is 11.5. The molecule has 0 atom stereocenters. The maximum Gasteiger partial charge on any atom is 0.257 e. The molecule has 128 valence electrons. The Balaban J connectivity index is 1.68. The van der Waals surface area contributed by atoms with Gasteiger partial charge in [-0.15, -0.1) is 11.3 Å². The van der Waals surface area contributed by atoms with Gasteiger partial charge in [0.15, 0.2) is 0 Å². The van der Waals surface area contributed by atoms with Gasteiger partial charge in [0, 0.05) is 38.1 Å². The highest BCUT2D eigenvalue weighted by molar-refractivity contribution is 9.10.